The predicted octanol–water partition coefficient (Wildman–Crippen LogP) is 4.64. The summed E-state index contributed by atoms with van der Waals surface area (Å²) in [6.45, 7) is 10.5. The van der Waals surface area contributed by atoms with Gasteiger partial charge in [-0.15, -0.1) is 0 Å². The fraction of sp³-hybridized carbons (Fsp3) is 0.414. The smallest absolute Gasteiger partial charge is 0.270 e. The second-order valence-electron chi connectivity index (χ2n) is 9.06. The Labute approximate surface area is 229 Å². The summed E-state index contributed by atoms with van der Waals surface area (Å²) in [5.41, 5.74) is 3.70. The number of rotatable bonds is 6. The Morgan fingerprint density at radius 2 is 1.87 bits per heavy atom. The normalized spacial score (nSPS) is 17.8. The lowest BCUT2D eigenvalue weighted by Gasteiger charge is -2.35. The van der Waals surface area contributed by atoms with Crippen molar-refractivity contribution in [2.45, 2.75) is 46.6 Å². The number of piperazine rings is 1. The number of aromatic amines is 1. The maximum Gasteiger partial charge on any atom is 0.270 e. The number of allylic oxidation sites excluding steroid dienone is 1. The fourth-order valence-electron chi connectivity index (χ4n) is 4.72. The van der Waals surface area contributed by atoms with E-state index in [1.807, 2.05) is 69.0 Å². The predicted molar refractivity (Wildman–Crippen MR) is 154 cm³/mol. The summed E-state index contributed by atoms with van der Waals surface area (Å²) in [4.78, 5) is 45.8. The third kappa shape index (κ3) is 6.51. The zero-order valence-corrected chi connectivity index (χ0v) is 23.1. The molecule has 2 saturated heterocycles. The van der Waals surface area contributed by atoms with Crippen molar-refractivity contribution < 1.29 is 14.3 Å². The van der Waals surface area contributed by atoms with Gasteiger partial charge in [-0.25, -0.2) is 9.97 Å². The molecule has 4 heterocycles. The van der Waals surface area contributed by atoms with Crippen LogP contribution >= 0.6 is 0 Å². The Morgan fingerprint density at radius 3 is 2.56 bits per heavy atom. The minimum Gasteiger partial charge on any atom is -0.368 e. The fourth-order valence-corrected chi connectivity index (χ4v) is 4.72. The van der Waals surface area contributed by atoms with E-state index in [0.717, 1.165) is 40.8 Å². The summed E-state index contributed by atoms with van der Waals surface area (Å²) in [6, 6.07) is 9.48. The van der Waals surface area contributed by atoms with Crippen LogP contribution < -0.4 is 5.32 Å². The number of ether oxygens (including phenoxy) is 1. The molecule has 3 aromatic rings. The van der Waals surface area contributed by atoms with E-state index < -0.39 is 0 Å². The largest absolute Gasteiger partial charge is 0.368 e. The molecule has 0 spiro atoms. The molecule has 1 unspecified atom stereocenters. The number of benzene rings is 1. The molecule has 1 atom stereocenters. The summed E-state index contributed by atoms with van der Waals surface area (Å²) in [6.07, 6.45) is 6.72. The van der Waals surface area contributed by atoms with Crippen molar-refractivity contribution in [3.63, 3.8) is 0 Å². The average Bonchev–Trinajstić information content (AvgIpc) is 3.67. The molecule has 2 N–H and O–H groups in total. The summed E-state index contributed by atoms with van der Waals surface area (Å²) in [5, 5.41) is 4.14. The van der Waals surface area contributed by atoms with Crippen LogP contribution in [0.5, 0.6) is 0 Å². The zero-order valence-electron chi connectivity index (χ0n) is 23.1. The molecule has 2 aromatic heterocycles. The zero-order chi connectivity index (χ0) is 27.8. The van der Waals surface area contributed by atoms with E-state index in [2.05, 4.69) is 25.3 Å². The Bertz CT molecular complexity index is 1350. The lowest BCUT2D eigenvalue weighted by atomic mass is 10.2. The summed E-state index contributed by atoms with van der Waals surface area (Å²) in [7, 11) is 0. The van der Waals surface area contributed by atoms with Crippen molar-refractivity contribution in [1.82, 2.24) is 24.8 Å². The Balaban J connectivity index is 0.00000172. The molecule has 0 aliphatic carbocycles. The number of amides is 2. The van der Waals surface area contributed by atoms with Crippen LogP contribution in [0.1, 0.15) is 56.7 Å². The van der Waals surface area contributed by atoms with Crippen LogP contribution in [0.15, 0.2) is 47.6 Å². The number of hydrogen-bond acceptors (Lipinski definition) is 7. The lowest BCUT2D eigenvalue weighted by Crippen LogP contribution is -2.52. The molecule has 0 radical (unpaired) electrons. The number of anilines is 2. The van der Waals surface area contributed by atoms with E-state index in [0.29, 0.717) is 44.4 Å². The molecule has 10 nitrogen and oxygen atoms in total. The molecule has 39 heavy (non-hydrogen) atoms. The molecule has 0 bridgehead atoms. The number of aliphatic imine (C=N–C) groups is 1. The number of fused-ring (bicyclic) bond motifs is 1. The molecule has 206 valence electrons. The van der Waals surface area contributed by atoms with Crippen LogP contribution in [0.3, 0.4) is 0 Å². The molecular formula is C29H37N7O3. The first kappa shape index (κ1) is 28.0. The van der Waals surface area contributed by atoms with Crippen LogP contribution in [0.2, 0.25) is 0 Å². The van der Waals surface area contributed by atoms with Crippen LogP contribution in [0, 0.1) is 0 Å². The number of H-pyrrole nitrogens is 1. The van der Waals surface area contributed by atoms with Crippen LogP contribution in [0.4, 0.5) is 11.6 Å². The van der Waals surface area contributed by atoms with E-state index in [9.17, 15) is 9.59 Å². The van der Waals surface area contributed by atoms with Gasteiger partial charge < -0.3 is 24.8 Å². The van der Waals surface area contributed by atoms with Gasteiger partial charge in [0.1, 0.15) is 11.8 Å². The number of nitrogens with one attached hydrogen (secondary N) is 2. The minimum atomic E-state index is -0.318. The molecule has 0 saturated carbocycles. The number of hydrogen-bond donors (Lipinski definition) is 2. The summed E-state index contributed by atoms with van der Waals surface area (Å²) in [5.74, 6) is 0.441. The van der Waals surface area contributed by atoms with Crippen molar-refractivity contribution >= 4 is 46.3 Å². The Morgan fingerprint density at radius 1 is 1.10 bits per heavy atom. The van der Waals surface area contributed by atoms with E-state index in [4.69, 9.17) is 4.74 Å². The van der Waals surface area contributed by atoms with Gasteiger partial charge in [-0.1, -0.05) is 19.9 Å². The summed E-state index contributed by atoms with van der Waals surface area (Å²) < 4.78 is 5.53. The standard InChI is InChI=1S/C27H31N7O3.C2H6/c1-3-20(28-4-2)22-9-10-29-27(32-22)30-19-7-8-21-18(16-19)17-23(31-21)25(35)33-11-13-34(14-12-33)26(36)24-6-5-15-37-24;1-2/h3-4,7-10,16-17,24,31H,5-6,11-15H2,1-2H3,(H,29,30,32);1-2H3/b20-3-,28-4?;. The number of carbonyl (C=O) groups excluding carboxylic acids is 2. The maximum atomic E-state index is 13.2. The monoisotopic (exact) mass is 531 g/mol. The van der Waals surface area contributed by atoms with Crippen molar-refractivity contribution in [3.05, 3.63) is 54.0 Å². The third-order valence-corrected chi connectivity index (χ3v) is 6.65. The number of nitrogens with zero attached hydrogens (tertiary/aromatic N) is 5. The van der Waals surface area contributed by atoms with Gasteiger partial charge in [0, 0.05) is 61.8 Å². The molecule has 2 aliphatic heterocycles. The molecular weight excluding hydrogens is 494 g/mol. The SMILES string of the molecule is CC.CC=N/C(=C\C)c1ccnc(Nc2ccc3[nH]c(C(=O)N4CCN(C(=O)C5CCCO5)CC4)cc3c2)n1. The quantitative estimate of drug-likeness (QED) is 0.448. The Kier molecular flexibility index (Phi) is 9.43. The summed E-state index contributed by atoms with van der Waals surface area (Å²) >= 11 is 0. The van der Waals surface area contributed by atoms with Crippen LogP contribution in [-0.2, 0) is 9.53 Å². The number of carbonyl (C=O) groups is 2. The van der Waals surface area contributed by atoms with Gasteiger partial charge in [0.25, 0.3) is 11.8 Å². The first-order valence-electron chi connectivity index (χ1n) is 13.6. The second kappa shape index (κ2) is 13.1. The average molecular weight is 532 g/mol. The molecule has 5 rings (SSSR count). The van der Waals surface area contributed by atoms with Gasteiger partial charge in [0.2, 0.25) is 5.95 Å². The first-order valence-corrected chi connectivity index (χ1v) is 13.6. The van der Waals surface area contributed by atoms with E-state index >= 15 is 0 Å². The van der Waals surface area contributed by atoms with Gasteiger partial charge in [-0.2, -0.15) is 0 Å². The molecule has 1 aromatic carbocycles. The highest BCUT2D eigenvalue weighted by atomic mass is 16.5. The van der Waals surface area contributed by atoms with Crippen molar-refractivity contribution in [1.29, 1.82) is 0 Å². The van der Waals surface area contributed by atoms with Gasteiger partial charge in [0.05, 0.1) is 11.4 Å². The Hall–Kier alpha value is -4.05. The minimum absolute atomic E-state index is 0.0461. The number of aromatic nitrogens is 3. The first-order chi connectivity index (χ1) is 19.1. The van der Waals surface area contributed by atoms with Gasteiger partial charge in [0.15, 0.2) is 0 Å². The topological polar surface area (TPSA) is 116 Å². The second-order valence-corrected chi connectivity index (χ2v) is 9.06. The highest BCUT2D eigenvalue weighted by Crippen LogP contribution is 2.24. The van der Waals surface area contributed by atoms with E-state index in [-0.39, 0.29) is 17.9 Å². The highest BCUT2D eigenvalue weighted by molar-refractivity contribution is 5.99. The van der Waals surface area contributed by atoms with Crippen molar-refractivity contribution in [2.24, 2.45) is 4.99 Å². The molecule has 10 heteroatoms. The third-order valence-electron chi connectivity index (χ3n) is 6.65. The molecule has 2 fully saturated rings. The van der Waals surface area contributed by atoms with Gasteiger partial charge in [-0.05, 0) is 57.0 Å². The maximum absolute atomic E-state index is 13.2. The van der Waals surface area contributed by atoms with Crippen molar-refractivity contribution in [2.75, 3.05) is 38.1 Å². The van der Waals surface area contributed by atoms with E-state index in [1.54, 1.807) is 17.3 Å². The van der Waals surface area contributed by atoms with Crippen LogP contribution in [-0.4, -0.2) is 81.7 Å². The van der Waals surface area contributed by atoms with Crippen LogP contribution in [0.25, 0.3) is 16.6 Å². The lowest BCUT2D eigenvalue weighted by molar-refractivity contribution is -0.142. The molecule has 2 amide bonds. The highest BCUT2D eigenvalue weighted by Gasteiger charge is 2.31. The van der Waals surface area contributed by atoms with Gasteiger partial charge >= 0.3 is 0 Å². The van der Waals surface area contributed by atoms with Gasteiger partial charge in [-0.3, -0.25) is 14.6 Å². The van der Waals surface area contributed by atoms with Crippen molar-refractivity contribution in [3.8, 4) is 0 Å². The van der Waals surface area contributed by atoms with E-state index in [1.165, 1.54) is 0 Å². The molecule has 2 aliphatic rings.